The summed E-state index contributed by atoms with van der Waals surface area (Å²) in [6.45, 7) is 8.13. The molecule has 0 atom stereocenters. The first-order valence-electron chi connectivity index (χ1n) is 7.63. The van der Waals surface area contributed by atoms with Gasteiger partial charge in [-0.1, -0.05) is 38.1 Å². The monoisotopic (exact) mass is 261 g/mol. The maximum Gasteiger partial charge on any atom is 0.0489 e. The summed E-state index contributed by atoms with van der Waals surface area (Å²) in [6.07, 6.45) is 3.85. The Kier molecular flexibility index (Phi) is 5.87. The molecule has 2 heteroatoms. The second-order valence-electron chi connectivity index (χ2n) is 6.02. The van der Waals surface area contributed by atoms with Gasteiger partial charge in [0.2, 0.25) is 0 Å². The normalized spacial score (nSPS) is 15.1. The van der Waals surface area contributed by atoms with Gasteiger partial charge >= 0.3 is 0 Å². The summed E-state index contributed by atoms with van der Waals surface area (Å²) in [5, 5.41) is 3.50. The van der Waals surface area contributed by atoms with Crippen molar-refractivity contribution >= 4 is 0 Å². The minimum absolute atomic E-state index is 0.637. The lowest BCUT2D eigenvalue weighted by Gasteiger charge is -2.08. The molecule has 1 aliphatic carbocycles. The molecule has 0 radical (unpaired) electrons. The van der Waals surface area contributed by atoms with Crippen molar-refractivity contribution in [2.45, 2.75) is 45.6 Å². The molecule has 2 nitrogen and oxygen atoms in total. The van der Waals surface area contributed by atoms with Crippen molar-refractivity contribution in [1.82, 2.24) is 5.32 Å². The van der Waals surface area contributed by atoms with E-state index in [-0.39, 0.29) is 0 Å². The van der Waals surface area contributed by atoms with Crippen LogP contribution in [0.5, 0.6) is 0 Å². The largest absolute Gasteiger partial charge is 0.381 e. The molecule has 1 fully saturated rings. The number of hydrogen-bond acceptors (Lipinski definition) is 2. The van der Waals surface area contributed by atoms with Crippen LogP contribution in [0.4, 0.5) is 0 Å². The highest BCUT2D eigenvalue weighted by Crippen LogP contribution is 2.40. The molecular weight excluding hydrogens is 234 g/mol. The molecule has 1 aliphatic rings. The van der Waals surface area contributed by atoms with E-state index in [1.807, 2.05) is 0 Å². The first-order chi connectivity index (χ1) is 9.25. The first-order valence-corrected chi connectivity index (χ1v) is 7.63. The third-order valence-electron chi connectivity index (χ3n) is 3.42. The molecule has 0 unspecified atom stereocenters. The minimum atomic E-state index is 0.637. The lowest BCUT2D eigenvalue weighted by atomic mass is 10.1. The van der Waals surface area contributed by atoms with Crippen molar-refractivity contribution in [2.24, 2.45) is 5.92 Å². The van der Waals surface area contributed by atoms with Crippen LogP contribution in [0, 0.1) is 5.92 Å². The van der Waals surface area contributed by atoms with Gasteiger partial charge in [-0.2, -0.15) is 0 Å². The van der Waals surface area contributed by atoms with Gasteiger partial charge in [-0.15, -0.1) is 0 Å². The van der Waals surface area contributed by atoms with Crippen LogP contribution in [0.3, 0.4) is 0 Å². The van der Waals surface area contributed by atoms with Crippen LogP contribution < -0.4 is 5.32 Å². The Morgan fingerprint density at radius 2 is 2.16 bits per heavy atom. The van der Waals surface area contributed by atoms with Crippen molar-refractivity contribution in [3.63, 3.8) is 0 Å². The van der Waals surface area contributed by atoms with Gasteiger partial charge in [-0.25, -0.2) is 0 Å². The molecule has 1 N–H and O–H groups in total. The van der Waals surface area contributed by atoms with Gasteiger partial charge in [0, 0.05) is 19.8 Å². The van der Waals surface area contributed by atoms with Crippen molar-refractivity contribution < 1.29 is 4.74 Å². The van der Waals surface area contributed by atoms with Gasteiger partial charge in [-0.05, 0) is 48.8 Å². The van der Waals surface area contributed by atoms with Gasteiger partial charge in [0.1, 0.15) is 0 Å². The zero-order valence-corrected chi connectivity index (χ0v) is 12.3. The fraction of sp³-hybridized carbons (Fsp3) is 0.647. The maximum absolute atomic E-state index is 5.57. The van der Waals surface area contributed by atoms with Gasteiger partial charge in [0.05, 0.1) is 0 Å². The topological polar surface area (TPSA) is 21.3 Å². The Labute approximate surface area is 117 Å². The Hall–Kier alpha value is -0.860. The van der Waals surface area contributed by atoms with Crippen LogP contribution in [-0.2, 0) is 11.3 Å². The Morgan fingerprint density at radius 1 is 1.32 bits per heavy atom. The summed E-state index contributed by atoms with van der Waals surface area (Å²) in [5.41, 5.74) is 2.94. The lowest BCUT2D eigenvalue weighted by Crippen LogP contribution is -2.17. The van der Waals surface area contributed by atoms with Crippen LogP contribution in [0.2, 0.25) is 0 Å². The Morgan fingerprint density at radius 3 is 2.89 bits per heavy atom. The summed E-state index contributed by atoms with van der Waals surface area (Å²) >= 11 is 0. The van der Waals surface area contributed by atoms with Gasteiger partial charge in [0.15, 0.2) is 0 Å². The van der Waals surface area contributed by atoms with Crippen LogP contribution in [0.15, 0.2) is 24.3 Å². The van der Waals surface area contributed by atoms with Gasteiger partial charge in [-0.3, -0.25) is 0 Å². The van der Waals surface area contributed by atoms with E-state index in [9.17, 15) is 0 Å². The Bertz CT molecular complexity index is 371. The van der Waals surface area contributed by atoms with Crippen molar-refractivity contribution in [2.75, 3.05) is 19.8 Å². The van der Waals surface area contributed by atoms with E-state index in [1.165, 1.54) is 24.0 Å². The van der Waals surface area contributed by atoms with Gasteiger partial charge < -0.3 is 10.1 Å². The number of rotatable bonds is 9. The number of nitrogens with one attached hydrogen (secondary N) is 1. The standard InChI is InChI=1S/C17H27NO/c1-14(2)13-19-10-4-9-18-12-15-5-3-6-17(11-15)16-7-8-16/h3,5-6,11,14,16,18H,4,7-10,12-13H2,1-2H3. The van der Waals surface area contributed by atoms with Crippen molar-refractivity contribution in [3.05, 3.63) is 35.4 Å². The molecule has 0 amide bonds. The highest BCUT2D eigenvalue weighted by molar-refractivity contribution is 5.29. The van der Waals surface area contributed by atoms with E-state index < -0.39 is 0 Å². The molecule has 2 rings (SSSR count). The predicted molar refractivity (Wildman–Crippen MR) is 80.4 cm³/mol. The molecule has 0 heterocycles. The van der Waals surface area contributed by atoms with Crippen molar-refractivity contribution in [3.8, 4) is 0 Å². The zero-order chi connectivity index (χ0) is 13.5. The lowest BCUT2D eigenvalue weighted by molar-refractivity contribution is 0.108. The van der Waals surface area contributed by atoms with Crippen LogP contribution in [0.25, 0.3) is 0 Å². The van der Waals surface area contributed by atoms with Crippen LogP contribution in [0.1, 0.15) is 50.2 Å². The number of hydrogen-bond donors (Lipinski definition) is 1. The zero-order valence-electron chi connectivity index (χ0n) is 12.3. The summed E-state index contributed by atoms with van der Waals surface area (Å²) in [4.78, 5) is 0. The molecule has 0 bridgehead atoms. The molecule has 0 spiro atoms. The quantitative estimate of drug-likeness (QED) is 0.684. The summed E-state index contributed by atoms with van der Waals surface area (Å²) in [5.74, 6) is 1.49. The maximum atomic E-state index is 5.57. The third-order valence-corrected chi connectivity index (χ3v) is 3.42. The minimum Gasteiger partial charge on any atom is -0.381 e. The molecule has 1 aromatic rings. The summed E-state index contributed by atoms with van der Waals surface area (Å²) in [7, 11) is 0. The number of ether oxygens (including phenoxy) is 1. The van der Waals surface area contributed by atoms with Gasteiger partial charge in [0.25, 0.3) is 0 Å². The van der Waals surface area contributed by atoms with E-state index in [4.69, 9.17) is 4.74 Å². The SMILES string of the molecule is CC(C)COCCCNCc1cccc(C2CC2)c1. The highest BCUT2D eigenvalue weighted by atomic mass is 16.5. The fourth-order valence-electron chi connectivity index (χ4n) is 2.22. The second kappa shape index (κ2) is 7.66. The third kappa shape index (κ3) is 5.75. The molecule has 19 heavy (non-hydrogen) atoms. The van der Waals surface area contributed by atoms with E-state index in [0.29, 0.717) is 5.92 Å². The van der Waals surface area contributed by atoms with E-state index >= 15 is 0 Å². The van der Waals surface area contributed by atoms with E-state index in [2.05, 4.69) is 43.4 Å². The molecule has 0 aliphatic heterocycles. The first kappa shape index (κ1) is 14.5. The van der Waals surface area contributed by atoms with Crippen LogP contribution in [-0.4, -0.2) is 19.8 Å². The summed E-state index contributed by atoms with van der Waals surface area (Å²) < 4.78 is 5.57. The van der Waals surface area contributed by atoms with E-state index in [0.717, 1.165) is 38.6 Å². The fourth-order valence-corrected chi connectivity index (χ4v) is 2.22. The smallest absolute Gasteiger partial charge is 0.0489 e. The predicted octanol–water partition coefficient (Wildman–Crippen LogP) is 3.72. The average molecular weight is 261 g/mol. The second-order valence-corrected chi connectivity index (χ2v) is 6.02. The molecule has 1 saturated carbocycles. The molecule has 1 aromatic carbocycles. The van der Waals surface area contributed by atoms with Crippen molar-refractivity contribution in [1.29, 1.82) is 0 Å². The Balaban J connectivity index is 1.56. The molecule has 0 aromatic heterocycles. The average Bonchev–Trinajstić information content (AvgIpc) is 3.22. The molecule has 106 valence electrons. The summed E-state index contributed by atoms with van der Waals surface area (Å²) in [6, 6.07) is 9.03. The highest BCUT2D eigenvalue weighted by Gasteiger charge is 2.23. The number of benzene rings is 1. The molecule has 0 saturated heterocycles. The van der Waals surface area contributed by atoms with E-state index in [1.54, 1.807) is 0 Å². The van der Waals surface area contributed by atoms with Crippen LogP contribution >= 0.6 is 0 Å². The molecular formula is C17H27NO.